The van der Waals surface area contributed by atoms with E-state index in [0.29, 0.717) is 0 Å². The molecule has 0 amide bonds. The number of hydrogen-bond donors (Lipinski definition) is 2. The molecule has 1 aromatic carbocycles. The molecular weight excluding hydrogens is 244 g/mol. The molecule has 2 rings (SSSR count). The Kier molecular flexibility index (Phi) is 4.64. The van der Waals surface area contributed by atoms with Crippen molar-refractivity contribution in [1.29, 1.82) is 0 Å². The van der Waals surface area contributed by atoms with E-state index in [9.17, 15) is 0 Å². The number of anilines is 1. The van der Waals surface area contributed by atoms with E-state index in [-0.39, 0.29) is 0 Å². The third kappa shape index (κ3) is 4.07. The fraction of sp³-hybridized carbons (Fsp3) is 0.385. The van der Waals surface area contributed by atoms with Crippen LogP contribution in [0.5, 0.6) is 0 Å². The van der Waals surface area contributed by atoms with Crippen LogP contribution in [0, 0.1) is 5.92 Å². The van der Waals surface area contributed by atoms with Gasteiger partial charge in [0.25, 0.3) is 0 Å². The topological polar surface area (TPSA) is 53.6 Å². The number of aromatic nitrogens is 3. The van der Waals surface area contributed by atoms with Gasteiger partial charge in [-0.05, 0) is 36.6 Å². The van der Waals surface area contributed by atoms with Gasteiger partial charge in [0.1, 0.15) is 6.33 Å². The summed E-state index contributed by atoms with van der Waals surface area (Å²) in [5, 5.41) is 10.9. The Labute approximate surface area is 112 Å². The number of H-pyrrole nitrogens is 1. The summed E-state index contributed by atoms with van der Waals surface area (Å²) in [6, 6.07) is 8.37. The SMILES string of the molecule is CC(C)CCNc1ccc(Sc2ncn[nH]2)cc1. The molecule has 18 heavy (non-hydrogen) atoms. The standard InChI is InChI=1S/C13H18N4S/c1-10(2)7-8-14-11-3-5-12(6-4-11)18-13-15-9-16-17-13/h3-6,9-10,14H,7-8H2,1-2H3,(H,15,16,17). The minimum absolute atomic E-state index is 0.735. The second-order valence-electron chi connectivity index (χ2n) is 4.53. The molecule has 2 aromatic rings. The van der Waals surface area contributed by atoms with E-state index >= 15 is 0 Å². The van der Waals surface area contributed by atoms with Crippen molar-refractivity contribution in [2.75, 3.05) is 11.9 Å². The highest BCUT2D eigenvalue weighted by Crippen LogP contribution is 2.25. The average molecular weight is 262 g/mol. The summed E-state index contributed by atoms with van der Waals surface area (Å²) < 4.78 is 0. The largest absolute Gasteiger partial charge is 0.385 e. The molecule has 0 radical (unpaired) electrons. The maximum atomic E-state index is 4.08. The normalized spacial score (nSPS) is 10.8. The summed E-state index contributed by atoms with van der Waals surface area (Å²) in [7, 11) is 0. The first-order chi connectivity index (χ1) is 8.74. The molecule has 1 heterocycles. The maximum Gasteiger partial charge on any atom is 0.188 e. The first kappa shape index (κ1) is 13.0. The summed E-state index contributed by atoms with van der Waals surface area (Å²) >= 11 is 1.57. The van der Waals surface area contributed by atoms with Crippen LogP contribution in [0.4, 0.5) is 5.69 Å². The quantitative estimate of drug-likeness (QED) is 0.837. The van der Waals surface area contributed by atoms with Crippen LogP contribution >= 0.6 is 11.8 Å². The van der Waals surface area contributed by atoms with Crippen molar-refractivity contribution in [2.45, 2.75) is 30.3 Å². The third-order valence-electron chi connectivity index (χ3n) is 2.51. The Balaban J connectivity index is 1.85. The molecule has 1 aromatic heterocycles. The Hall–Kier alpha value is -1.49. The number of nitrogens with one attached hydrogen (secondary N) is 2. The summed E-state index contributed by atoms with van der Waals surface area (Å²) in [6.07, 6.45) is 2.71. The van der Waals surface area contributed by atoms with Crippen LogP contribution in [0.3, 0.4) is 0 Å². The number of aromatic amines is 1. The molecule has 0 unspecified atom stereocenters. The van der Waals surface area contributed by atoms with Gasteiger partial charge >= 0.3 is 0 Å². The molecule has 0 aliphatic carbocycles. The molecule has 0 spiro atoms. The van der Waals surface area contributed by atoms with Gasteiger partial charge < -0.3 is 5.32 Å². The molecule has 0 saturated carbocycles. The van der Waals surface area contributed by atoms with E-state index in [1.807, 2.05) is 0 Å². The van der Waals surface area contributed by atoms with E-state index in [4.69, 9.17) is 0 Å². The second-order valence-corrected chi connectivity index (χ2v) is 5.59. The van der Waals surface area contributed by atoms with E-state index < -0.39 is 0 Å². The third-order valence-corrected chi connectivity index (χ3v) is 3.41. The van der Waals surface area contributed by atoms with Gasteiger partial charge in [0, 0.05) is 17.1 Å². The Morgan fingerprint density at radius 3 is 2.67 bits per heavy atom. The Bertz CT molecular complexity index is 450. The fourth-order valence-electron chi connectivity index (χ4n) is 1.50. The van der Waals surface area contributed by atoms with Gasteiger partial charge in [-0.15, -0.1) is 0 Å². The summed E-state index contributed by atoms with van der Waals surface area (Å²) in [4.78, 5) is 5.24. The predicted octanol–water partition coefficient (Wildman–Crippen LogP) is 3.41. The van der Waals surface area contributed by atoms with Gasteiger partial charge in [0.15, 0.2) is 5.16 Å². The molecule has 5 heteroatoms. The number of nitrogens with zero attached hydrogens (tertiary/aromatic N) is 2. The van der Waals surface area contributed by atoms with Crippen LogP contribution in [0.1, 0.15) is 20.3 Å². The lowest BCUT2D eigenvalue weighted by Gasteiger charge is -2.08. The summed E-state index contributed by atoms with van der Waals surface area (Å²) in [5.74, 6) is 0.735. The lowest BCUT2D eigenvalue weighted by Crippen LogP contribution is -2.04. The van der Waals surface area contributed by atoms with Crippen molar-refractivity contribution >= 4 is 17.4 Å². The van der Waals surface area contributed by atoms with Gasteiger partial charge in [-0.1, -0.05) is 25.6 Å². The van der Waals surface area contributed by atoms with Crippen molar-refractivity contribution in [2.24, 2.45) is 5.92 Å². The van der Waals surface area contributed by atoms with E-state index in [2.05, 4.69) is 58.6 Å². The fourth-order valence-corrected chi connectivity index (χ4v) is 2.19. The van der Waals surface area contributed by atoms with Crippen molar-refractivity contribution in [3.05, 3.63) is 30.6 Å². The van der Waals surface area contributed by atoms with Gasteiger partial charge in [-0.2, -0.15) is 5.10 Å². The Morgan fingerprint density at radius 1 is 1.28 bits per heavy atom. The molecule has 0 atom stereocenters. The minimum Gasteiger partial charge on any atom is -0.385 e. The minimum atomic E-state index is 0.735. The van der Waals surface area contributed by atoms with Crippen LogP contribution in [0.2, 0.25) is 0 Å². The van der Waals surface area contributed by atoms with E-state index in [0.717, 1.165) is 28.2 Å². The first-order valence-electron chi connectivity index (χ1n) is 6.11. The van der Waals surface area contributed by atoms with Crippen molar-refractivity contribution in [3.8, 4) is 0 Å². The molecule has 0 aliphatic rings. The molecule has 4 nitrogen and oxygen atoms in total. The van der Waals surface area contributed by atoms with Crippen molar-refractivity contribution in [1.82, 2.24) is 15.2 Å². The zero-order chi connectivity index (χ0) is 12.8. The van der Waals surface area contributed by atoms with Crippen molar-refractivity contribution < 1.29 is 0 Å². The first-order valence-corrected chi connectivity index (χ1v) is 6.93. The highest BCUT2D eigenvalue weighted by molar-refractivity contribution is 7.99. The molecule has 0 fully saturated rings. The average Bonchev–Trinajstić information content (AvgIpc) is 2.84. The van der Waals surface area contributed by atoms with Crippen LogP contribution in [0.15, 0.2) is 40.6 Å². The molecular formula is C13H18N4S. The lowest BCUT2D eigenvalue weighted by atomic mass is 10.1. The highest BCUT2D eigenvalue weighted by atomic mass is 32.2. The van der Waals surface area contributed by atoms with Crippen LogP contribution in [-0.2, 0) is 0 Å². The zero-order valence-corrected chi connectivity index (χ0v) is 11.5. The molecule has 96 valence electrons. The van der Waals surface area contributed by atoms with Crippen LogP contribution in [-0.4, -0.2) is 21.7 Å². The number of hydrogen-bond acceptors (Lipinski definition) is 4. The van der Waals surface area contributed by atoms with Gasteiger partial charge in [-0.25, -0.2) is 4.98 Å². The van der Waals surface area contributed by atoms with Crippen molar-refractivity contribution in [3.63, 3.8) is 0 Å². The summed E-state index contributed by atoms with van der Waals surface area (Å²) in [5.41, 5.74) is 1.16. The second kappa shape index (κ2) is 6.44. The number of rotatable bonds is 6. The molecule has 0 bridgehead atoms. The predicted molar refractivity (Wildman–Crippen MR) is 74.9 cm³/mol. The smallest absolute Gasteiger partial charge is 0.188 e. The zero-order valence-electron chi connectivity index (χ0n) is 10.7. The van der Waals surface area contributed by atoms with Crippen LogP contribution in [0.25, 0.3) is 0 Å². The maximum absolute atomic E-state index is 4.08. The van der Waals surface area contributed by atoms with Gasteiger partial charge in [0.05, 0.1) is 0 Å². The summed E-state index contributed by atoms with van der Waals surface area (Å²) in [6.45, 7) is 5.49. The van der Waals surface area contributed by atoms with E-state index in [1.54, 1.807) is 11.8 Å². The Morgan fingerprint density at radius 2 is 2.06 bits per heavy atom. The van der Waals surface area contributed by atoms with Gasteiger partial charge in [0.2, 0.25) is 0 Å². The molecule has 0 aliphatic heterocycles. The van der Waals surface area contributed by atoms with E-state index in [1.165, 1.54) is 12.7 Å². The lowest BCUT2D eigenvalue weighted by molar-refractivity contribution is 0.607. The number of benzene rings is 1. The van der Waals surface area contributed by atoms with Gasteiger partial charge in [-0.3, -0.25) is 5.10 Å². The molecule has 2 N–H and O–H groups in total. The monoisotopic (exact) mass is 262 g/mol. The van der Waals surface area contributed by atoms with Crippen LogP contribution < -0.4 is 5.32 Å². The molecule has 0 saturated heterocycles. The highest BCUT2D eigenvalue weighted by Gasteiger charge is 2.00.